The number of hydrogen-bond acceptors (Lipinski definition) is 4. The van der Waals surface area contributed by atoms with Gasteiger partial charge in [-0.25, -0.2) is 29.8 Å². The molecule has 0 N–H and O–H groups in total. The predicted molar refractivity (Wildman–Crippen MR) is 74.0 cm³/mol. The molecule has 2 rings (SSSR count). The molecule has 0 radical (unpaired) electrons. The van der Waals surface area contributed by atoms with E-state index in [0.717, 1.165) is 6.26 Å². The van der Waals surface area contributed by atoms with Crippen molar-refractivity contribution in [3.63, 3.8) is 0 Å². The highest BCUT2D eigenvalue weighted by molar-refractivity contribution is 7.89. The molecule has 118 valence electrons. The van der Waals surface area contributed by atoms with Gasteiger partial charge in [-0.05, 0) is 19.8 Å². The maximum atomic E-state index is 13.7. The van der Waals surface area contributed by atoms with Crippen LogP contribution in [0.1, 0.15) is 19.8 Å². The predicted octanol–water partition coefficient (Wildman–Crippen LogP) is 0.0316. The van der Waals surface area contributed by atoms with E-state index in [4.69, 9.17) is 0 Å². The van der Waals surface area contributed by atoms with Crippen molar-refractivity contribution in [2.24, 2.45) is 5.92 Å². The fourth-order valence-electron chi connectivity index (χ4n) is 2.53. The molecule has 2 heterocycles. The van der Waals surface area contributed by atoms with Crippen LogP contribution in [0.5, 0.6) is 0 Å². The number of hydrogen-bond donors (Lipinski definition) is 0. The smallest absolute Gasteiger partial charge is 0.214 e. The number of nitrogens with zero attached hydrogens (tertiary/aromatic N) is 2. The summed E-state index contributed by atoms with van der Waals surface area (Å²) in [5, 5.41) is 0. The van der Waals surface area contributed by atoms with Crippen molar-refractivity contribution in [3.05, 3.63) is 0 Å². The Bertz CT molecular complexity index is 557. The summed E-state index contributed by atoms with van der Waals surface area (Å²) < 4.78 is 63.1. The average molecular weight is 328 g/mol. The van der Waals surface area contributed by atoms with Gasteiger partial charge >= 0.3 is 0 Å². The Hall–Kier alpha value is -0.250. The van der Waals surface area contributed by atoms with Crippen LogP contribution in [0.4, 0.5) is 4.39 Å². The molecule has 0 atom stereocenters. The first-order valence-electron chi connectivity index (χ1n) is 6.61. The molecule has 2 fully saturated rings. The molecule has 0 unspecified atom stereocenters. The Balaban J connectivity index is 1.88. The van der Waals surface area contributed by atoms with Gasteiger partial charge in [-0.1, -0.05) is 0 Å². The molecule has 0 amide bonds. The van der Waals surface area contributed by atoms with Gasteiger partial charge in [0.25, 0.3) is 0 Å². The summed E-state index contributed by atoms with van der Waals surface area (Å²) in [4.78, 5) is 0. The van der Waals surface area contributed by atoms with Crippen LogP contribution in [0.2, 0.25) is 0 Å². The number of alkyl halides is 1. The molecule has 2 aliphatic heterocycles. The van der Waals surface area contributed by atoms with Crippen molar-refractivity contribution in [1.82, 2.24) is 8.61 Å². The second kappa shape index (κ2) is 5.19. The summed E-state index contributed by atoms with van der Waals surface area (Å²) in [5.41, 5.74) is -1.28. The van der Waals surface area contributed by atoms with Crippen LogP contribution in [-0.4, -0.2) is 69.3 Å². The molecule has 0 aliphatic carbocycles. The lowest BCUT2D eigenvalue weighted by atomic mass is 9.97. The monoisotopic (exact) mass is 328 g/mol. The van der Waals surface area contributed by atoms with Crippen LogP contribution in [0.3, 0.4) is 0 Å². The van der Waals surface area contributed by atoms with Crippen molar-refractivity contribution in [3.8, 4) is 0 Å². The topological polar surface area (TPSA) is 74.8 Å². The maximum absolute atomic E-state index is 13.7. The maximum Gasteiger partial charge on any atom is 0.214 e. The third-order valence-electron chi connectivity index (χ3n) is 4.00. The summed E-state index contributed by atoms with van der Waals surface area (Å²) in [6.45, 7) is 2.42. The molecule has 9 heteroatoms. The lowest BCUT2D eigenvalue weighted by molar-refractivity contribution is 0.108. The van der Waals surface area contributed by atoms with Gasteiger partial charge in [0.15, 0.2) is 0 Å². The minimum absolute atomic E-state index is 0.0536. The summed E-state index contributed by atoms with van der Waals surface area (Å²) >= 11 is 0. The SMILES string of the molecule is CC1(F)CCN(S(=O)(=O)CC2CN(S(C)(=O)=O)C2)CC1. The highest BCUT2D eigenvalue weighted by Crippen LogP contribution is 2.28. The zero-order valence-corrected chi connectivity index (χ0v) is 13.4. The Morgan fingerprint density at radius 1 is 1.10 bits per heavy atom. The summed E-state index contributed by atoms with van der Waals surface area (Å²) in [5.74, 6) is -0.212. The van der Waals surface area contributed by atoms with Crippen LogP contribution in [0.25, 0.3) is 0 Å². The van der Waals surface area contributed by atoms with Gasteiger partial charge in [0.2, 0.25) is 20.0 Å². The van der Waals surface area contributed by atoms with E-state index in [1.807, 2.05) is 0 Å². The minimum atomic E-state index is -3.42. The highest BCUT2D eigenvalue weighted by Gasteiger charge is 2.40. The lowest BCUT2D eigenvalue weighted by Crippen LogP contribution is -2.54. The molecule has 6 nitrogen and oxygen atoms in total. The molecular weight excluding hydrogens is 307 g/mol. The fourth-order valence-corrected chi connectivity index (χ4v) is 5.25. The summed E-state index contributed by atoms with van der Waals surface area (Å²) in [6, 6.07) is 0. The van der Waals surface area contributed by atoms with Crippen molar-refractivity contribution in [1.29, 1.82) is 0 Å². The van der Waals surface area contributed by atoms with Gasteiger partial charge in [0.05, 0.1) is 12.0 Å². The Morgan fingerprint density at radius 3 is 2.05 bits per heavy atom. The second-order valence-corrected chi connectivity index (χ2v) is 10.0. The molecule has 2 aliphatic rings. The van der Waals surface area contributed by atoms with E-state index in [1.165, 1.54) is 15.5 Å². The molecule has 20 heavy (non-hydrogen) atoms. The molecule has 0 spiro atoms. The van der Waals surface area contributed by atoms with E-state index >= 15 is 0 Å². The Morgan fingerprint density at radius 2 is 1.60 bits per heavy atom. The third kappa shape index (κ3) is 3.69. The molecular formula is C11H21FN2O4S2. The average Bonchev–Trinajstić information content (AvgIpc) is 2.20. The fraction of sp³-hybridized carbons (Fsp3) is 1.00. The quantitative estimate of drug-likeness (QED) is 0.730. The van der Waals surface area contributed by atoms with Crippen LogP contribution in [-0.2, 0) is 20.0 Å². The normalized spacial score (nSPS) is 26.4. The molecule has 0 saturated carbocycles. The van der Waals surface area contributed by atoms with Crippen molar-refractivity contribution in [2.45, 2.75) is 25.4 Å². The van der Waals surface area contributed by atoms with E-state index in [2.05, 4.69) is 0 Å². The minimum Gasteiger partial charge on any atom is -0.244 e. The highest BCUT2D eigenvalue weighted by atomic mass is 32.2. The third-order valence-corrected chi connectivity index (χ3v) is 7.28. The molecule has 0 aromatic rings. The van der Waals surface area contributed by atoms with E-state index in [9.17, 15) is 21.2 Å². The Labute approximate surface area is 120 Å². The van der Waals surface area contributed by atoms with Crippen molar-refractivity contribution in [2.75, 3.05) is 38.2 Å². The Kier molecular flexibility index (Phi) is 4.18. The van der Waals surface area contributed by atoms with Gasteiger partial charge in [-0.3, -0.25) is 0 Å². The first-order chi connectivity index (χ1) is 9.00. The van der Waals surface area contributed by atoms with Crippen molar-refractivity contribution >= 4 is 20.0 Å². The van der Waals surface area contributed by atoms with Gasteiger partial charge in [0, 0.05) is 32.1 Å². The first kappa shape index (κ1) is 16.1. The van der Waals surface area contributed by atoms with Crippen LogP contribution in [0, 0.1) is 5.92 Å². The number of halogens is 1. The van der Waals surface area contributed by atoms with E-state index in [-0.39, 0.29) is 50.7 Å². The second-order valence-electron chi connectivity index (χ2n) is 6.04. The summed E-state index contributed by atoms with van der Waals surface area (Å²) in [6.07, 6.45) is 1.54. The standard InChI is InChI=1S/C11H21FN2O4S2/c1-11(12)3-5-13(6-4-11)20(17,18)9-10-7-14(8-10)19(2,15)16/h10H,3-9H2,1-2H3. The molecule has 0 aromatic carbocycles. The number of piperidine rings is 1. The van der Waals surface area contributed by atoms with Crippen LogP contribution < -0.4 is 0 Å². The van der Waals surface area contributed by atoms with Crippen LogP contribution in [0.15, 0.2) is 0 Å². The zero-order valence-electron chi connectivity index (χ0n) is 11.7. The lowest BCUT2D eigenvalue weighted by Gasteiger charge is -2.39. The van der Waals surface area contributed by atoms with Crippen LogP contribution >= 0.6 is 0 Å². The van der Waals surface area contributed by atoms with E-state index in [1.54, 1.807) is 0 Å². The van der Waals surface area contributed by atoms with Crippen molar-refractivity contribution < 1.29 is 21.2 Å². The van der Waals surface area contributed by atoms with Gasteiger partial charge in [-0.2, -0.15) is 0 Å². The zero-order chi connectivity index (χ0) is 15.2. The molecule has 2 saturated heterocycles. The molecule has 0 aromatic heterocycles. The largest absolute Gasteiger partial charge is 0.244 e. The van der Waals surface area contributed by atoms with Gasteiger partial charge in [-0.15, -0.1) is 0 Å². The summed E-state index contributed by atoms with van der Waals surface area (Å²) in [7, 11) is -6.64. The number of sulfonamides is 2. The number of rotatable bonds is 4. The first-order valence-corrected chi connectivity index (χ1v) is 10.1. The van der Waals surface area contributed by atoms with Gasteiger partial charge < -0.3 is 0 Å². The van der Waals surface area contributed by atoms with E-state index in [0.29, 0.717) is 0 Å². The van der Waals surface area contributed by atoms with E-state index < -0.39 is 25.7 Å². The van der Waals surface area contributed by atoms with Gasteiger partial charge in [0.1, 0.15) is 5.67 Å². The molecule has 0 bridgehead atoms.